The van der Waals surface area contributed by atoms with Crippen LogP contribution >= 0.6 is 0 Å². The number of amides is 1. The van der Waals surface area contributed by atoms with Crippen LogP contribution in [0, 0.1) is 6.92 Å². The molecule has 1 amide bonds. The lowest BCUT2D eigenvalue weighted by Gasteiger charge is -2.39. The predicted octanol–water partition coefficient (Wildman–Crippen LogP) is 3.00. The van der Waals surface area contributed by atoms with Gasteiger partial charge in [-0.25, -0.2) is 0 Å². The molecule has 0 unspecified atom stereocenters. The molecular formula is C21H26N4O3. The highest BCUT2D eigenvalue weighted by atomic mass is 16.5. The van der Waals surface area contributed by atoms with Crippen molar-refractivity contribution >= 4 is 16.8 Å². The lowest BCUT2D eigenvalue weighted by atomic mass is 9.75. The fourth-order valence-corrected chi connectivity index (χ4v) is 4.13. The third-order valence-corrected chi connectivity index (χ3v) is 5.88. The molecular weight excluding hydrogens is 356 g/mol. The van der Waals surface area contributed by atoms with Crippen molar-refractivity contribution in [3.05, 3.63) is 47.7 Å². The number of carbonyl (C=O) groups excluding carboxylic acids is 1. The Morgan fingerprint density at radius 1 is 1.32 bits per heavy atom. The van der Waals surface area contributed by atoms with Gasteiger partial charge in [-0.15, -0.1) is 0 Å². The molecule has 3 aromatic rings. The molecule has 0 aliphatic carbocycles. The maximum atomic E-state index is 12.9. The van der Waals surface area contributed by atoms with E-state index in [2.05, 4.69) is 21.2 Å². The van der Waals surface area contributed by atoms with Crippen molar-refractivity contribution in [2.24, 2.45) is 0 Å². The van der Waals surface area contributed by atoms with Gasteiger partial charge in [0.1, 0.15) is 0 Å². The van der Waals surface area contributed by atoms with Gasteiger partial charge in [0.25, 0.3) is 0 Å². The van der Waals surface area contributed by atoms with Crippen LogP contribution in [0.3, 0.4) is 0 Å². The second-order valence-electron chi connectivity index (χ2n) is 7.58. The number of H-pyrrole nitrogens is 1. The summed E-state index contributed by atoms with van der Waals surface area (Å²) in [6.45, 7) is 3.83. The van der Waals surface area contributed by atoms with Gasteiger partial charge < -0.3 is 19.1 Å². The Kier molecular flexibility index (Phi) is 5.17. The first-order chi connectivity index (χ1) is 13.6. The van der Waals surface area contributed by atoms with Gasteiger partial charge in [-0.3, -0.25) is 4.79 Å². The Morgan fingerprint density at radius 2 is 2.11 bits per heavy atom. The second-order valence-corrected chi connectivity index (χ2v) is 7.58. The first-order valence-corrected chi connectivity index (χ1v) is 9.74. The summed E-state index contributed by atoms with van der Waals surface area (Å²) < 4.78 is 10.5. The zero-order valence-corrected chi connectivity index (χ0v) is 16.4. The fraction of sp³-hybridized carbons (Fsp3) is 0.476. The molecule has 28 heavy (non-hydrogen) atoms. The minimum Gasteiger partial charge on any atom is -0.385 e. The Morgan fingerprint density at radius 3 is 2.82 bits per heavy atom. The number of aromatic nitrogens is 3. The zero-order chi connectivity index (χ0) is 19.6. The Labute approximate surface area is 164 Å². The number of rotatable bonds is 6. The molecule has 3 heterocycles. The largest absolute Gasteiger partial charge is 0.385 e. The number of likely N-dealkylation sites (tertiary alicyclic amines) is 1. The maximum absolute atomic E-state index is 12.9. The molecule has 7 heteroatoms. The van der Waals surface area contributed by atoms with E-state index in [1.807, 2.05) is 29.3 Å². The van der Waals surface area contributed by atoms with Crippen LogP contribution in [0.25, 0.3) is 10.9 Å². The van der Waals surface area contributed by atoms with Crippen molar-refractivity contribution in [1.29, 1.82) is 0 Å². The van der Waals surface area contributed by atoms with Crippen molar-refractivity contribution < 1.29 is 14.1 Å². The van der Waals surface area contributed by atoms with Crippen molar-refractivity contribution in [2.45, 2.75) is 38.0 Å². The van der Waals surface area contributed by atoms with Gasteiger partial charge in [0.15, 0.2) is 5.82 Å². The number of benzene rings is 1. The summed E-state index contributed by atoms with van der Waals surface area (Å²) in [4.78, 5) is 22.6. The number of carbonyl (C=O) groups is 1. The third kappa shape index (κ3) is 3.54. The minimum absolute atomic E-state index is 0.161. The summed E-state index contributed by atoms with van der Waals surface area (Å²) >= 11 is 0. The summed E-state index contributed by atoms with van der Waals surface area (Å²) in [5.74, 6) is 1.48. The van der Waals surface area contributed by atoms with E-state index in [0.29, 0.717) is 32.0 Å². The molecule has 0 radical (unpaired) electrons. The number of aromatic amines is 1. The number of methoxy groups -OCH3 is 1. The molecule has 4 rings (SSSR count). The number of hydrogen-bond acceptors (Lipinski definition) is 5. The molecule has 1 aliphatic rings. The highest BCUT2D eigenvalue weighted by Gasteiger charge is 2.40. The van der Waals surface area contributed by atoms with E-state index < -0.39 is 0 Å². The quantitative estimate of drug-likeness (QED) is 0.708. The summed E-state index contributed by atoms with van der Waals surface area (Å²) in [7, 11) is 1.70. The summed E-state index contributed by atoms with van der Waals surface area (Å²) in [5.41, 5.74) is 1.92. The molecule has 2 aromatic heterocycles. The monoisotopic (exact) mass is 382 g/mol. The van der Waals surface area contributed by atoms with Crippen LogP contribution in [-0.4, -0.2) is 52.7 Å². The molecule has 1 N–H and O–H groups in total. The molecule has 148 valence electrons. The Bertz CT molecular complexity index is 953. The number of para-hydroxylation sites is 1. The number of piperidine rings is 1. The SMILES string of the molecule is COCCC1(c2noc(C)n2)CCN(C(=O)Cc2c[nH]c3ccccc23)CC1. The molecule has 1 aliphatic heterocycles. The fourth-order valence-electron chi connectivity index (χ4n) is 4.13. The first kappa shape index (κ1) is 18.7. The molecule has 0 bridgehead atoms. The Balaban J connectivity index is 1.45. The van der Waals surface area contributed by atoms with Crippen LogP contribution in [-0.2, 0) is 21.4 Å². The van der Waals surface area contributed by atoms with E-state index in [4.69, 9.17) is 9.26 Å². The zero-order valence-electron chi connectivity index (χ0n) is 16.4. The van der Waals surface area contributed by atoms with Crippen molar-refractivity contribution in [2.75, 3.05) is 26.8 Å². The number of aryl methyl sites for hydroxylation is 1. The average Bonchev–Trinajstić information content (AvgIpc) is 3.34. The molecule has 1 fully saturated rings. The van der Waals surface area contributed by atoms with Crippen molar-refractivity contribution in [3.8, 4) is 0 Å². The van der Waals surface area contributed by atoms with Crippen LogP contribution in [0.5, 0.6) is 0 Å². The van der Waals surface area contributed by atoms with E-state index in [0.717, 1.165) is 41.6 Å². The number of hydrogen-bond donors (Lipinski definition) is 1. The Hall–Kier alpha value is -2.67. The molecule has 7 nitrogen and oxygen atoms in total. The van der Waals surface area contributed by atoms with Crippen LogP contribution in [0.1, 0.15) is 36.5 Å². The molecule has 0 saturated carbocycles. The van der Waals surface area contributed by atoms with Gasteiger partial charge in [-0.1, -0.05) is 23.4 Å². The van der Waals surface area contributed by atoms with Gasteiger partial charge in [-0.05, 0) is 30.9 Å². The third-order valence-electron chi connectivity index (χ3n) is 5.88. The van der Waals surface area contributed by atoms with Crippen LogP contribution in [0.2, 0.25) is 0 Å². The van der Waals surface area contributed by atoms with E-state index in [9.17, 15) is 4.79 Å². The smallest absolute Gasteiger partial charge is 0.227 e. The predicted molar refractivity (Wildman–Crippen MR) is 105 cm³/mol. The van der Waals surface area contributed by atoms with E-state index in [1.54, 1.807) is 14.0 Å². The van der Waals surface area contributed by atoms with Crippen molar-refractivity contribution in [3.63, 3.8) is 0 Å². The number of fused-ring (bicyclic) bond motifs is 1. The van der Waals surface area contributed by atoms with E-state index in [1.165, 1.54) is 0 Å². The molecule has 0 atom stereocenters. The summed E-state index contributed by atoms with van der Waals surface area (Å²) in [6.07, 6.45) is 4.81. The van der Waals surface area contributed by atoms with Crippen molar-refractivity contribution in [1.82, 2.24) is 20.0 Å². The van der Waals surface area contributed by atoms with E-state index >= 15 is 0 Å². The number of nitrogens with zero attached hydrogens (tertiary/aromatic N) is 3. The van der Waals surface area contributed by atoms with Gasteiger partial charge in [0, 0.05) is 56.2 Å². The normalized spacial score (nSPS) is 16.6. The highest BCUT2D eigenvalue weighted by Crippen LogP contribution is 2.37. The first-order valence-electron chi connectivity index (χ1n) is 9.74. The summed E-state index contributed by atoms with van der Waals surface area (Å²) in [5, 5.41) is 5.30. The van der Waals surface area contributed by atoms with Gasteiger partial charge >= 0.3 is 0 Å². The topological polar surface area (TPSA) is 84.2 Å². The standard InChI is InChI=1S/C21H26N4O3/c1-15-23-20(24-28-15)21(9-12-27-2)7-10-25(11-8-21)19(26)13-16-14-22-18-6-4-3-5-17(16)18/h3-6,14,22H,7-13H2,1-2H3. The molecule has 0 spiro atoms. The lowest BCUT2D eigenvalue weighted by Crippen LogP contribution is -2.46. The summed E-state index contributed by atoms with van der Waals surface area (Å²) in [6, 6.07) is 8.08. The maximum Gasteiger partial charge on any atom is 0.227 e. The van der Waals surface area contributed by atoms with E-state index in [-0.39, 0.29) is 11.3 Å². The van der Waals surface area contributed by atoms with Crippen LogP contribution < -0.4 is 0 Å². The van der Waals surface area contributed by atoms with Gasteiger partial charge in [0.05, 0.1) is 6.42 Å². The van der Waals surface area contributed by atoms with Gasteiger partial charge in [0.2, 0.25) is 11.8 Å². The number of ether oxygens (including phenoxy) is 1. The number of nitrogens with one attached hydrogen (secondary N) is 1. The second kappa shape index (κ2) is 7.75. The highest BCUT2D eigenvalue weighted by molar-refractivity contribution is 5.88. The minimum atomic E-state index is -0.189. The lowest BCUT2D eigenvalue weighted by molar-refractivity contribution is -0.132. The van der Waals surface area contributed by atoms with Gasteiger partial charge in [-0.2, -0.15) is 4.98 Å². The molecule has 1 saturated heterocycles. The molecule has 1 aromatic carbocycles. The average molecular weight is 382 g/mol. The van der Waals surface area contributed by atoms with Crippen LogP contribution in [0.15, 0.2) is 35.0 Å². The van der Waals surface area contributed by atoms with Crippen LogP contribution in [0.4, 0.5) is 0 Å².